The molecule has 0 aliphatic rings. The lowest BCUT2D eigenvalue weighted by Gasteiger charge is -2.09. The predicted molar refractivity (Wildman–Crippen MR) is 99.0 cm³/mol. The first-order valence-corrected chi connectivity index (χ1v) is 8.56. The number of ether oxygens (including phenoxy) is 1. The predicted octanol–water partition coefficient (Wildman–Crippen LogP) is 5.42. The van der Waals surface area contributed by atoms with Gasteiger partial charge >= 0.3 is 0 Å². The Balaban J connectivity index is 1.50. The Morgan fingerprint density at radius 2 is 1.84 bits per heavy atom. The second-order valence-electron chi connectivity index (χ2n) is 5.71. The highest BCUT2D eigenvalue weighted by Gasteiger charge is 2.14. The maximum atomic E-state index is 5.89. The summed E-state index contributed by atoms with van der Waals surface area (Å²) in [5, 5.41) is 0.709. The number of nitrogens with zero attached hydrogens (tertiary/aromatic N) is 2. The van der Waals surface area contributed by atoms with Gasteiger partial charge in [0.1, 0.15) is 5.75 Å². The topological polar surface area (TPSA) is 40.2 Å². The van der Waals surface area contributed by atoms with Crippen molar-refractivity contribution in [3.8, 4) is 17.3 Å². The van der Waals surface area contributed by atoms with Gasteiger partial charge in [-0.25, -0.2) is 4.98 Å². The number of halogens is 1. The molecule has 0 spiro atoms. The number of furan rings is 1. The Kier molecular flexibility index (Phi) is 4.44. The molecule has 0 aliphatic carbocycles. The minimum atomic E-state index is 0.617. The van der Waals surface area contributed by atoms with Crippen molar-refractivity contribution < 1.29 is 9.15 Å². The first-order valence-electron chi connectivity index (χ1n) is 8.19. The lowest BCUT2D eigenvalue weighted by atomic mass is 10.3. The highest BCUT2D eigenvalue weighted by Crippen LogP contribution is 2.25. The van der Waals surface area contributed by atoms with Gasteiger partial charge in [-0.2, -0.15) is 0 Å². The molecule has 4 nitrogen and oxygen atoms in total. The summed E-state index contributed by atoms with van der Waals surface area (Å²) in [6.07, 6.45) is 2.53. The lowest BCUT2D eigenvalue weighted by Crippen LogP contribution is -2.05. The van der Waals surface area contributed by atoms with Crippen molar-refractivity contribution >= 4 is 22.6 Å². The van der Waals surface area contributed by atoms with E-state index in [0.717, 1.165) is 41.3 Å². The van der Waals surface area contributed by atoms with Crippen molar-refractivity contribution in [3.05, 3.63) is 71.9 Å². The summed E-state index contributed by atoms with van der Waals surface area (Å²) in [5.41, 5.74) is 2.06. The third kappa shape index (κ3) is 3.39. The summed E-state index contributed by atoms with van der Waals surface area (Å²) in [6.45, 7) is 1.41. The van der Waals surface area contributed by atoms with E-state index in [1.807, 2.05) is 54.6 Å². The molecule has 0 radical (unpaired) electrons. The minimum Gasteiger partial charge on any atom is -0.494 e. The van der Waals surface area contributed by atoms with Gasteiger partial charge in [0.25, 0.3) is 0 Å². The summed E-state index contributed by atoms with van der Waals surface area (Å²) in [6, 6.07) is 19.3. The number of para-hydroxylation sites is 2. The molecule has 0 unspecified atom stereocenters. The quantitative estimate of drug-likeness (QED) is 0.435. The zero-order valence-corrected chi connectivity index (χ0v) is 14.3. The smallest absolute Gasteiger partial charge is 0.177 e. The zero-order chi connectivity index (χ0) is 17.1. The number of rotatable bonds is 6. The Morgan fingerprint density at radius 3 is 2.64 bits per heavy atom. The molecule has 0 amide bonds. The molecular weight excluding hydrogens is 336 g/mol. The van der Waals surface area contributed by atoms with Crippen LogP contribution in [0.2, 0.25) is 5.02 Å². The second kappa shape index (κ2) is 7.03. The normalized spacial score (nSPS) is 11.1. The van der Waals surface area contributed by atoms with E-state index in [2.05, 4.69) is 10.6 Å². The Hall–Kier alpha value is -2.72. The lowest BCUT2D eigenvalue weighted by molar-refractivity contribution is 0.302. The zero-order valence-electron chi connectivity index (χ0n) is 13.6. The van der Waals surface area contributed by atoms with Gasteiger partial charge in [0.15, 0.2) is 11.6 Å². The molecule has 4 aromatic rings. The fraction of sp³-hybridized carbons (Fsp3) is 0.150. The summed E-state index contributed by atoms with van der Waals surface area (Å²) < 4.78 is 13.5. The van der Waals surface area contributed by atoms with Gasteiger partial charge in [-0.3, -0.25) is 0 Å². The third-order valence-electron chi connectivity index (χ3n) is 4.00. The highest BCUT2D eigenvalue weighted by atomic mass is 35.5. The van der Waals surface area contributed by atoms with Crippen molar-refractivity contribution in [2.75, 3.05) is 6.61 Å². The number of imidazole rings is 1. The van der Waals surface area contributed by atoms with Crippen molar-refractivity contribution in [1.29, 1.82) is 0 Å². The molecule has 0 saturated carbocycles. The van der Waals surface area contributed by atoms with E-state index < -0.39 is 0 Å². The first kappa shape index (κ1) is 15.8. The number of aromatic nitrogens is 2. The fourth-order valence-corrected chi connectivity index (χ4v) is 2.97. The molecule has 2 heterocycles. The molecule has 0 N–H and O–H groups in total. The first-order chi connectivity index (χ1) is 12.3. The molecule has 2 aromatic heterocycles. The largest absolute Gasteiger partial charge is 0.494 e. The van der Waals surface area contributed by atoms with E-state index in [0.29, 0.717) is 11.6 Å². The number of benzene rings is 2. The number of hydrogen-bond donors (Lipinski definition) is 0. The fourth-order valence-electron chi connectivity index (χ4n) is 2.84. The number of fused-ring (bicyclic) bond motifs is 1. The average molecular weight is 353 g/mol. The van der Waals surface area contributed by atoms with Crippen LogP contribution in [0, 0.1) is 0 Å². The van der Waals surface area contributed by atoms with Crippen LogP contribution in [0.1, 0.15) is 6.42 Å². The van der Waals surface area contributed by atoms with Crippen molar-refractivity contribution in [2.45, 2.75) is 13.0 Å². The second-order valence-corrected chi connectivity index (χ2v) is 6.15. The molecule has 0 saturated heterocycles. The van der Waals surface area contributed by atoms with E-state index in [9.17, 15) is 0 Å². The third-order valence-corrected chi connectivity index (χ3v) is 4.26. The summed E-state index contributed by atoms with van der Waals surface area (Å²) in [4.78, 5) is 4.72. The summed E-state index contributed by atoms with van der Waals surface area (Å²) in [7, 11) is 0. The SMILES string of the molecule is Clc1ccc(OCCCn2c(-c3ccco3)nc3ccccc32)cc1. The van der Waals surface area contributed by atoms with Gasteiger partial charge in [-0.05, 0) is 55.0 Å². The number of hydrogen-bond acceptors (Lipinski definition) is 3. The highest BCUT2D eigenvalue weighted by molar-refractivity contribution is 6.30. The van der Waals surface area contributed by atoms with Crippen LogP contribution < -0.4 is 4.74 Å². The molecule has 126 valence electrons. The molecule has 4 rings (SSSR count). The van der Waals surface area contributed by atoms with Crippen LogP contribution in [0.5, 0.6) is 5.75 Å². The minimum absolute atomic E-state index is 0.617. The van der Waals surface area contributed by atoms with Crippen LogP contribution >= 0.6 is 11.6 Å². The van der Waals surface area contributed by atoms with Gasteiger partial charge in [0.2, 0.25) is 0 Å². The molecule has 2 aromatic carbocycles. The van der Waals surface area contributed by atoms with E-state index in [4.69, 9.17) is 25.7 Å². The molecule has 0 bridgehead atoms. The molecule has 0 aliphatic heterocycles. The standard InChI is InChI=1S/C20H17ClN2O2/c21-15-8-10-16(11-9-15)24-14-4-12-23-18-6-2-1-5-17(18)22-20(23)19-7-3-13-25-19/h1-3,5-11,13H,4,12,14H2. The van der Waals surface area contributed by atoms with Crippen LogP contribution in [-0.4, -0.2) is 16.2 Å². The van der Waals surface area contributed by atoms with Crippen molar-refractivity contribution in [2.24, 2.45) is 0 Å². The monoisotopic (exact) mass is 352 g/mol. The molecule has 5 heteroatoms. The Morgan fingerprint density at radius 1 is 1.00 bits per heavy atom. The molecule has 0 fully saturated rings. The Labute approximate surface area is 150 Å². The van der Waals surface area contributed by atoms with Gasteiger partial charge < -0.3 is 13.7 Å². The molecule has 25 heavy (non-hydrogen) atoms. The van der Waals surface area contributed by atoms with E-state index in [-0.39, 0.29) is 0 Å². The number of aryl methyl sites for hydroxylation is 1. The average Bonchev–Trinajstić information content (AvgIpc) is 3.28. The molecular formula is C20H17ClN2O2. The van der Waals surface area contributed by atoms with Gasteiger partial charge in [-0.15, -0.1) is 0 Å². The van der Waals surface area contributed by atoms with Gasteiger partial charge in [0, 0.05) is 11.6 Å². The van der Waals surface area contributed by atoms with E-state index in [1.54, 1.807) is 6.26 Å². The molecule has 0 atom stereocenters. The van der Waals surface area contributed by atoms with Crippen LogP contribution in [0.3, 0.4) is 0 Å². The van der Waals surface area contributed by atoms with Crippen LogP contribution in [0.4, 0.5) is 0 Å². The van der Waals surface area contributed by atoms with E-state index in [1.165, 1.54) is 0 Å². The van der Waals surface area contributed by atoms with Crippen molar-refractivity contribution in [1.82, 2.24) is 9.55 Å². The Bertz CT molecular complexity index is 959. The van der Waals surface area contributed by atoms with Gasteiger partial charge in [0.05, 0.1) is 23.9 Å². The maximum absolute atomic E-state index is 5.89. The van der Waals surface area contributed by atoms with Crippen LogP contribution in [0.25, 0.3) is 22.6 Å². The van der Waals surface area contributed by atoms with Crippen LogP contribution in [0.15, 0.2) is 71.3 Å². The summed E-state index contributed by atoms with van der Waals surface area (Å²) >= 11 is 5.89. The maximum Gasteiger partial charge on any atom is 0.177 e. The van der Waals surface area contributed by atoms with Gasteiger partial charge in [-0.1, -0.05) is 23.7 Å². The summed E-state index contributed by atoms with van der Waals surface area (Å²) in [5.74, 6) is 2.44. The van der Waals surface area contributed by atoms with Crippen LogP contribution in [-0.2, 0) is 6.54 Å². The van der Waals surface area contributed by atoms with E-state index >= 15 is 0 Å². The van der Waals surface area contributed by atoms with Crippen molar-refractivity contribution in [3.63, 3.8) is 0 Å².